The highest BCUT2D eigenvalue weighted by atomic mass is 19.4. The molecule has 0 aliphatic heterocycles. The fraction of sp³-hybridized carbons (Fsp3) is 0.312. The molecule has 0 saturated carbocycles. The quantitative estimate of drug-likeness (QED) is 0.739. The minimum absolute atomic E-state index is 0.146. The third kappa shape index (κ3) is 4.05. The number of fused-ring (bicyclic) bond motifs is 1. The van der Waals surface area contributed by atoms with Gasteiger partial charge in [0.05, 0.1) is 6.10 Å². The highest BCUT2D eigenvalue weighted by Crippen LogP contribution is 2.27. The molecule has 1 atom stereocenters. The number of rotatable bonds is 5. The van der Waals surface area contributed by atoms with E-state index in [0.717, 1.165) is 10.1 Å². The predicted molar refractivity (Wildman–Crippen MR) is 85.2 cm³/mol. The van der Waals surface area contributed by atoms with Crippen molar-refractivity contribution in [1.29, 1.82) is 0 Å². The van der Waals surface area contributed by atoms with Crippen molar-refractivity contribution >= 4 is 11.6 Å². The second-order valence-electron chi connectivity index (χ2n) is 5.65. The average molecular weight is 351 g/mol. The molecule has 0 bridgehead atoms. The molecule has 1 unspecified atom stereocenters. The van der Waals surface area contributed by atoms with Crippen LogP contribution < -0.4 is 5.32 Å². The molecular weight excluding hydrogens is 335 g/mol. The lowest BCUT2D eigenvalue weighted by atomic mass is 10.1. The summed E-state index contributed by atoms with van der Waals surface area (Å²) in [5, 5.41) is 16.5. The summed E-state index contributed by atoms with van der Waals surface area (Å²) in [6.45, 7) is 1.79. The standard InChI is InChI=1S/C16H16F3N5O/c1-10-7-13(20-9-12(25)8-11-5-3-2-4-6-11)24-15(21-10)22-14(23-24)16(17,18)19/h2-7,12,20,25H,8-9H2,1H3. The van der Waals surface area contributed by atoms with Crippen LogP contribution in [-0.2, 0) is 12.6 Å². The van der Waals surface area contributed by atoms with Gasteiger partial charge in [0, 0.05) is 24.7 Å². The van der Waals surface area contributed by atoms with E-state index in [4.69, 9.17) is 0 Å². The van der Waals surface area contributed by atoms with Crippen molar-refractivity contribution in [1.82, 2.24) is 19.6 Å². The molecule has 2 aromatic heterocycles. The zero-order chi connectivity index (χ0) is 18.0. The first-order valence-corrected chi connectivity index (χ1v) is 7.60. The minimum Gasteiger partial charge on any atom is -0.391 e. The predicted octanol–water partition coefficient (Wildman–Crippen LogP) is 2.47. The van der Waals surface area contributed by atoms with Crippen LogP contribution in [0, 0.1) is 6.92 Å². The van der Waals surface area contributed by atoms with Gasteiger partial charge in [-0.15, -0.1) is 5.10 Å². The van der Waals surface area contributed by atoms with Crippen molar-refractivity contribution in [3.8, 4) is 0 Å². The van der Waals surface area contributed by atoms with E-state index < -0.39 is 18.1 Å². The molecule has 25 heavy (non-hydrogen) atoms. The maximum atomic E-state index is 12.8. The van der Waals surface area contributed by atoms with Crippen LogP contribution in [0.25, 0.3) is 5.78 Å². The highest BCUT2D eigenvalue weighted by Gasteiger charge is 2.36. The lowest BCUT2D eigenvalue weighted by Gasteiger charge is -2.13. The number of halogens is 3. The summed E-state index contributed by atoms with van der Waals surface area (Å²) in [4.78, 5) is 7.37. The van der Waals surface area contributed by atoms with Gasteiger partial charge in [-0.25, -0.2) is 4.98 Å². The molecule has 0 fully saturated rings. The van der Waals surface area contributed by atoms with Crippen LogP contribution in [0.3, 0.4) is 0 Å². The van der Waals surface area contributed by atoms with E-state index in [1.165, 1.54) is 0 Å². The third-order valence-electron chi connectivity index (χ3n) is 3.53. The molecule has 3 rings (SSSR count). The Morgan fingerprint density at radius 2 is 1.92 bits per heavy atom. The van der Waals surface area contributed by atoms with Crippen molar-refractivity contribution in [2.45, 2.75) is 25.6 Å². The maximum absolute atomic E-state index is 12.8. The Bertz CT molecular complexity index is 863. The van der Waals surface area contributed by atoms with E-state index in [0.29, 0.717) is 12.1 Å². The smallest absolute Gasteiger partial charge is 0.391 e. The SMILES string of the molecule is Cc1cc(NCC(O)Cc2ccccc2)n2nc(C(F)(F)F)nc2n1. The molecule has 9 heteroatoms. The zero-order valence-electron chi connectivity index (χ0n) is 13.3. The van der Waals surface area contributed by atoms with Gasteiger partial charge in [0.15, 0.2) is 0 Å². The summed E-state index contributed by atoms with van der Waals surface area (Å²) in [6, 6.07) is 11.0. The Labute approximate surface area is 141 Å². The number of aryl methyl sites for hydroxylation is 1. The van der Waals surface area contributed by atoms with Crippen molar-refractivity contribution in [3.63, 3.8) is 0 Å². The monoisotopic (exact) mass is 351 g/mol. The van der Waals surface area contributed by atoms with Gasteiger partial charge in [-0.2, -0.15) is 22.7 Å². The van der Waals surface area contributed by atoms with Gasteiger partial charge in [0.1, 0.15) is 5.82 Å². The van der Waals surface area contributed by atoms with Crippen molar-refractivity contribution in [2.75, 3.05) is 11.9 Å². The molecule has 132 valence electrons. The van der Waals surface area contributed by atoms with Gasteiger partial charge in [0.2, 0.25) is 0 Å². The fourth-order valence-corrected chi connectivity index (χ4v) is 2.41. The average Bonchev–Trinajstić information content (AvgIpc) is 2.97. The number of anilines is 1. The fourth-order valence-electron chi connectivity index (χ4n) is 2.41. The number of nitrogens with one attached hydrogen (secondary N) is 1. The van der Waals surface area contributed by atoms with Crippen LogP contribution in [0.4, 0.5) is 19.0 Å². The van der Waals surface area contributed by atoms with Crippen LogP contribution in [0.1, 0.15) is 17.1 Å². The van der Waals surface area contributed by atoms with Crippen molar-refractivity contribution in [3.05, 3.63) is 53.5 Å². The van der Waals surface area contributed by atoms with E-state index in [1.807, 2.05) is 30.3 Å². The highest BCUT2D eigenvalue weighted by molar-refractivity contribution is 5.45. The Morgan fingerprint density at radius 3 is 2.60 bits per heavy atom. The molecule has 0 aliphatic rings. The summed E-state index contributed by atoms with van der Waals surface area (Å²) >= 11 is 0. The Morgan fingerprint density at radius 1 is 1.20 bits per heavy atom. The van der Waals surface area contributed by atoms with Crippen LogP contribution in [0.2, 0.25) is 0 Å². The first-order valence-electron chi connectivity index (χ1n) is 7.60. The zero-order valence-corrected chi connectivity index (χ0v) is 13.3. The van der Waals surface area contributed by atoms with Crippen LogP contribution in [0.15, 0.2) is 36.4 Å². The third-order valence-corrected chi connectivity index (χ3v) is 3.53. The number of alkyl halides is 3. The topological polar surface area (TPSA) is 75.3 Å². The second-order valence-corrected chi connectivity index (χ2v) is 5.65. The number of aliphatic hydroxyl groups excluding tert-OH is 1. The molecule has 1 aromatic carbocycles. The molecule has 0 radical (unpaired) electrons. The molecule has 0 amide bonds. The van der Waals surface area contributed by atoms with Gasteiger partial charge < -0.3 is 10.4 Å². The first kappa shape index (κ1) is 17.2. The number of benzene rings is 1. The van der Waals surface area contributed by atoms with Crippen molar-refractivity contribution in [2.24, 2.45) is 0 Å². The number of nitrogens with zero attached hydrogens (tertiary/aromatic N) is 4. The van der Waals surface area contributed by atoms with E-state index in [-0.39, 0.29) is 18.1 Å². The summed E-state index contributed by atoms with van der Waals surface area (Å²) in [7, 11) is 0. The molecule has 2 N–H and O–H groups in total. The normalized spacial score (nSPS) is 13.2. The Hall–Kier alpha value is -2.68. The lowest BCUT2D eigenvalue weighted by Crippen LogP contribution is -2.23. The van der Waals surface area contributed by atoms with E-state index in [1.54, 1.807) is 13.0 Å². The van der Waals surface area contributed by atoms with Gasteiger partial charge in [0.25, 0.3) is 11.6 Å². The second kappa shape index (κ2) is 6.67. The van der Waals surface area contributed by atoms with Crippen molar-refractivity contribution < 1.29 is 18.3 Å². The van der Waals surface area contributed by atoms with E-state index in [2.05, 4.69) is 20.4 Å². The largest absolute Gasteiger partial charge is 0.453 e. The van der Waals surface area contributed by atoms with Gasteiger partial charge >= 0.3 is 6.18 Å². The number of aliphatic hydroxyl groups is 1. The molecule has 0 spiro atoms. The molecule has 6 nitrogen and oxygen atoms in total. The minimum atomic E-state index is -4.65. The summed E-state index contributed by atoms with van der Waals surface area (Å²) in [5.41, 5.74) is 1.46. The molecule has 2 heterocycles. The number of hydrogen-bond acceptors (Lipinski definition) is 5. The molecular formula is C16H16F3N5O. The molecule has 3 aromatic rings. The van der Waals surface area contributed by atoms with Crippen LogP contribution in [-0.4, -0.2) is 37.3 Å². The maximum Gasteiger partial charge on any atom is 0.453 e. The number of aromatic nitrogens is 4. The van der Waals surface area contributed by atoms with Crippen LogP contribution in [0.5, 0.6) is 0 Å². The summed E-state index contributed by atoms with van der Waals surface area (Å²) in [6.07, 6.45) is -4.94. The van der Waals surface area contributed by atoms with Gasteiger partial charge in [-0.05, 0) is 12.5 Å². The Kier molecular flexibility index (Phi) is 4.58. The van der Waals surface area contributed by atoms with Gasteiger partial charge in [-0.1, -0.05) is 30.3 Å². The lowest BCUT2D eigenvalue weighted by molar-refractivity contribution is -0.144. The Balaban J connectivity index is 1.77. The van der Waals surface area contributed by atoms with E-state index in [9.17, 15) is 18.3 Å². The van der Waals surface area contributed by atoms with E-state index >= 15 is 0 Å². The van der Waals surface area contributed by atoms with Crippen LogP contribution >= 0.6 is 0 Å². The van der Waals surface area contributed by atoms with Gasteiger partial charge in [-0.3, -0.25) is 0 Å². The summed E-state index contributed by atoms with van der Waals surface area (Å²) in [5.74, 6) is -1.11. The first-order chi connectivity index (χ1) is 11.8. The number of hydrogen-bond donors (Lipinski definition) is 2. The molecule has 0 aliphatic carbocycles. The summed E-state index contributed by atoms with van der Waals surface area (Å²) < 4.78 is 39.4. The molecule has 0 saturated heterocycles.